The lowest BCUT2D eigenvalue weighted by Gasteiger charge is -2.34. The smallest absolute Gasteiger partial charge is 0.247 e. The monoisotopic (exact) mass is 541 g/mol. The Balaban J connectivity index is 1.42. The number of benzene rings is 2. The molecule has 0 spiro atoms. The van der Waals surface area contributed by atoms with Gasteiger partial charge in [-0.3, -0.25) is 4.79 Å². The minimum atomic E-state index is -0.272. The maximum Gasteiger partial charge on any atom is 0.247 e. The van der Waals surface area contributed by atoms with Crippen LogP contribution in [0.2, 0.25) is 0 Å². The molecular formula is C30H35N7O3. The van der Waals surface area contributed by atoms with E-state index in [0.29, 0.717) is 30.7 Å². The van der Waals surface area contributed by atoms with E-state index in [1.165, 1.54) is 6.08 Å². The van der Waals surface area contributed by atoms with Crippen LogP contribution in [-0.2, 0) is 9.53 Å². The third-order valence-corrected chi connectivity index (χ3v) is 6.98. The van der Waals surface area contributed by atoms with E-state index >= 15 is 0 Å². The fourth-order valence-corrected chi connectivity index (χ4v) is 4.71. The number of anilines is 6. The Hall–Kier alpha value is -4.41. The Morgan fingerprint density at radius 2 is 1.93 bits per heavy atom. The summed E-state index contributed by atoms with van der Waals surface area (Å²) in [6.45, 7) is 8.73. The van der Waals surface area contributed by atoms with Crippen molar-refractivity contribution in [2.45, 2.75) is 6.42 Å². The van der Waals surface area contributed by atoms with Crippen molar-refractivity contribution >= 4 is 46.0 Å². The van der Waals surface area contributed by atoms with E-state index in [2.05, 4.69) is 62.6 Å². The lowest BCUT2D eigenvalue weighted by molar-refractivity contribution is -0.111. The third-order valence-electron chi connectivity index (χ3n) is 6.98. The number of rotatable bonds is 9. The van der Waals surface area contributed by atoms with Gasteiger partial charge in [-0.1, -0.05) is 18.7 Å². The first-order chi connectivity index (χ1) is 19.5. The molecule has 0 bridgehead atoms. The van der Waals surface area contributed by atoms with Gasteiger partial charge in [0.2, 0.25) is 11.9 Å². The summed E-state index contributed by atoms with van der Waals surface area (Å²) in [6, 6.07) is 13.6. The number of nitrogens with zero attached hydrogens (tertiary/aromatic N) is 4. The van der Waals surface area contributed by atoms with Gasteiger partial charge < -0.3 is 35.2 Å². The molecule has 3 heterocycles. The highest BCUT2D eigenvalue weighted by Crippen LogP contribution is 2.34. The van der Waals surface area contributed by atoms with Crippen molar-refractivity contribution < 1.29 is 14.3 Å². The standard InChI is InChI=1S/C30H35N7O3/c1-4-28(38)32-22-6-5-7-23(18-22)33-29-25(21-10-16-40-17-11-21)20-31-30(35-29)34-26-9-8-24(19-27(26)39-3)37-14-12-36(2)13-15-37/h4-10,18-20H,1,11-17H2,2-3H3,(H,32,38)(H2,31,33,34,35). The van der Waals surface area contributed by atoms with Crippen LogP contribution in [0.1, 0.15) is 12.0 Å². The quantitative estimate of drug-likeness (QED) is 0.334. The van der Waals surface area contributed by atoms with Gasteiger partial charge in [0, 0.05) is 61.1 Å². The van der Waals surface area contributed by atoms with Crippen LogP contribution < -0.4 is 25.6 Å². The van der Waals surface area contributed by atoms with E-state index in [-0.39, 0.29) is 5.91 Å². The molecule has 0 unspecified atom stereocenters. The van der Waals surface area contributed by atoms with E-state index in [9.17, 15) is 4.79 Å². The minimum Gasteiger partial charge on any atom is -0.494 e. The van der Waals surface area contributed by atoms with Crippen LogP contribution in [0.15, 0.2) is 67.4 Å². The van der Waals surface area contributed by atoms with E-state index < -0.39 is 0 Å². The van der Waals surface area contributed by atoms with Crippen molar-refractivity contribution in [3.8, 4) is 5.75 Å². The van der Waals surface area contributed by atoms with Gasteiger partial charge >= 0.3 is 0 Å². The number of likely N-dealkylation sites (N-methyl/N-ethyl adjacent to an activating group) is 1. The molecule has 40 heavy (non-hydrogen) atoms. The summed E-state index contributed by atoms with van der Waals surface area (Å²) < 4.78 is 11.2. The molecule has 0 saturated carbocycles. The van der Waals surface area contributed by atoms with Crippen LogP contribution in [0, 0.1) is 0 Å². The second-order valence-corrected chi connectivity index (χ2v) is 9.71. The van der Waals surface area contributed by atoms with Crippen LogP contribution in [-0.4, -0.2) is 74.3 Å². The number of carbonyl (C=O) groups is 1. The number of hydrogen-bond donors (Lipinski definition) is 3. The van der Waals surface area contributed by atoms with Crippen molar-refractivity contribution in [2.24, 2.45) is 0 Å². The largest absolute Gasteiger partial charge is 0.494 e. The first kappa shape index (κ1) is 27.2. The Morgan fingerprint density at radius 1 is 1.10 bits per heavy atom. The summed E-state index contributed by atoms with van der Waals surface area (Å²) in [5.74, 6) is 1.52. The molecule has 1 saturated heterocycles. The fraction of sp³-hybridized carbons (Fsp3) is 0.300. The topological polar surface area (TPSA) is 104 Å². The summed E-state index contributed by atoms with van der Waals surface area (Å²) in [5, 5.41) is 9.55. The molecule has 2 aliphatic heterocycles. The molecule has 208 valence electrons. The van der Waals surface area contributed by atoms with Gasteiger partial charge in [-0.15, -0.1) is 0 Å². The predicted octanol–water partition coefficient (Wildman–Crippen LogP) is 4.65. The molecule has 1 fully saturated rings. The van der Waals surface area contributed by atoms with Gasteiger partial charge in [-0.05, 0) is 55.4 Å². The Kier molecular flexibility index (Phi) is 8.58. The summed E-state index contributed by atoms with van der Waals surface area (Å²) in [5.41, 5.74) is 5.34. The number of methoxy groups -OCH3 is 1. The van der Waals surface area contributed by atoms with E-state index in [1.54, 1.807) is 7.11 Å². The predicted molar refractivity (Wildman–Crippen MR) is 160 cm³/mol. The van der Waals surface area contributed by atoms with Gasteiger partial charge in [-0.2, -0.15) is 4.98 Å². The van der Waals surface area contributed by atoms with Crippen LogP contribution in [0.4, 0.5) is 34.5 Å². The molecule has 0 atom stereocenters. The van der Waals surface area contributed by atoms with Gasteiger partial charge in [0.05, 0.1) is 26.0 Å². The lowest BCUT2D eigenvalue weighted by atomic mass is 10.0. The third kappa shape index (κ3) is 6.59. The van der Waals surface area contributed by atoms with Gasteiger partial charge in [0.25, 0.3) is 0 Å². The van der Waals surface area contributed by atoms with Crippen molar-refractivity contribution in [1.82, 2.24) is 14.9 Å². The minimum absolute atomic E-state index is 0.272. The summed E-state index contributed by atoms with van der Waals surface area (Å²) in [7, 11) is 3.82. The molecule has 1 amide bonds. The fourth-order valence-electron chi connectivity index (χ4n) is 4.71. The van der Waals surface area contributed by atoms with Crippen LogP contribution in [0.3, 0.4) is 0 Å². The van der Waals surface area contributed by atoms with Crippen molar-refractivity contribution in [1.29, 1.82) is 0 Å². The molecule has 3 N–H and O–H groups in total. The number of amides is 1. The molecule has 2 aliphatic rings. The van der Waals surface area contributed by atoms with Gasteiger partial charge in [-0.25, -0.2) is 4.98 Å². The summed E-state index contributed by atoms with van der Waals surface area (Å²) in [6.07, 6.45) is 5.89. The zero-order valence-electron chi connectivity index (χ0n) is 22.9. The van der Waals surface area contributed by atoms with Crippen LogP contribution >= 0.6 is 0 Å². The molecule has 5 rings (SSSR count). The zero-order valence-corrected chi connectivity index (χ0v) is 22.9. The average Bonchev–Trinajstić information content (AvgIpc) is 2.98. The van der Waals surface area contributed by atoms with E-state index in [0.717, 1.165) is 66.5 Å². The molecule has 10 heteroatoms. The maximum absolute atomic E-state index is 11.8. The van der Waals surface area contributed by atoms with Gasteiger partial charge in [0.15, 0.2) is 0 Å². The average molecular weight is 542 g/mol. The number of hydrogen-bond acceptors (Lipinski definition) is 9. The number of aromatic nitrogens is 2. The SMILES string of the molecule is C=CC(=O)Nc1cccc(Nc2nc(Nc3ccc(N4CCN(C)CC4)cc3OC)ncc2C2=CCOCC2)c1. The second-order valence-electron chi connectivity index (χ2n) is 9.71. The molecule has 3 aromatic rings. The van der Waals surface area contributed by atoms with E-state index in [4.69, 9.17) is 14.5 Å². The second kappa shape index (κ2) is 12.6. The first-order valence-electron chi connectivity index (χ1n) is 13.4. The number of ether oxygens (including phenoxy) is 2. The van der Waals surface area contributed by atoms with E-state index in [1.807, 2.05) is 36.5 Å². The Bertz CT molecular complexity index is 1400. The molecule has 1 aromatic heterocycles. The highest BCUT2D eigenvalue weighted by atomic mass is 16.5. The van der Waals surface area contributed by atoms with Crippen molar-refractivity contribution in [2.75, 3.05) is 74.4 Å². The molecule has 0 radical (unpaired) electrons. The Labute approximate surface area is 234 Å². The lowest BCUT2D eigenvalue weighted by Crippen LogP contribution is -2.44. The van der Waals surface area contributed by atoms with Crippen molar-refractivity contribution in [3.63, 3.8) is 0 Å². The van der Waals surface area contributed by atoms with Crippen molar-refractivity contribution in [3.05, 3.63) is 73.0 Å². The molecule has 0 aliphatic carbocycles. The highest BCUT2D eigenvalue weighted by molar-refractivity contribution is 5.99. The molecule has 2 aromatic carbocycles. The summed E-state index contributed by atoms with van der Waals surface area (Å²) in [4.78, 5) is 26.0. The van der Waals surface area contributed by atoms with Gasteiger partial charge in [0.1, 0.15) is 11.6 Å². The normalized spacial score (nSPS) is 15.7. The number of piperazine rings is 1. The molecule has 10 nitrogen and oxygen atoms in total. The highest BCUT2D eigenvalue weighted by Gasteiger charge is 2.18. The zero-order chi connectivity index (χ0) is 27.9. The summed E-state index contributed by atoms with van der Waals surface area (Å²) >= 11 is 0. The maximum atomic E-state index is 11.8. The first-order valence-corrected chi connectivity index (χ1v) is 13.4. The Morgan fingerprint density at radius 3 is 2.67 bits per heavy atom. The van der Waals surface area contributed by atoms with Crippen LogP contribution in [0.5, 0.6) is 5.75 Å². The number of nitrogens with one attached hydrogen (secondary N) is 3. The molecular weight excluding hydrogens is 506 g/mol. The number of carbonyl (C=O) groups excluding carboxylic acids is 1. The van der Waals surface area contributed by atoms with Crippen LogP contribution in [0.25, 0.3) is 5.57 Å².